The number of aryl methyl sites for hydroxylation is 2. The van der Waals surface area contributed by atoms with Crippen LogP contribution in [0.25, 0.3) is 10.9 Å². The summed E-state index contributed by atoms with van der Waals surface area (Å²) in [6.45, 7) is 4.25. The number of nitrogens with zero attached hydrogens (tertiary/aromatic N) is 2. The van der Waals surface area contributed by atoms with Crippen LogP contribution < -0.4 is 10.9 Å². The molecule has 1 aromatic carbocycles. The van der Waals surface area contributed by atoms with Crippen molar-refractivity contribution in [1.82, 2.24) is 20.2 Å². The summed E-state index contributed by atoms with van der Waals surface area (Å²) in [5, 5.41) is 11.9. The highest BCUT2D eigenvalue weighted by Gasteiger charge is 2.05. The molecule has 3 rings (SSSR count). The topological polar surface area (TPSA) is 86.5 Å². The lowest BCUT2D eigenvalue weighted by atomic mass is 10.1. The molecule has 0 radical (unpaired) electrons. The Morgan fingerprint density at radius 2 is 2.10 bits per heavy atom. The summed E-state index contributed by atoms with van der Waals surface area (Å²) in [6.07, 6.45) is 1.96. The largest absolute Gasteiger partial charge is 0.361 e. The number of benzene rings is 1. The minimum Gasteiger partial charge on any atom is -0.361 e. The molecule has 0 unspecified atom stereocenters. The molecule has 0 fully saturated rings. The van der Waals surface area contributed by atoms with E-state index in [9.17, 15) is 4.79 Å². The van der Waals surface area contributed by atoms with Crippen molar-refractivity contribution >= 4 is 16.9 Å². The minimum atomic E-state index is -0.225. The van der Waals surface area contributed by atoms with Crippen molar-refractivity contribution in [2.75, 3.05) is 5.32 Å². The van der Waals surface area contributed by atoms with Gasteiger partial charge in [0.25, 0.3) is 5.56 Å². The van der Waals surface area contributed by atoms with Crippen LogP contribution in [0.5, 0.6) is 0 Å². The van der Waals surface area contributed by atoms with Gasteiger partial charge in [0.2, 0.25) is 5.95 Å². The van der Waals surface area contributed by atoms with Crippen LogP contribution >= 0.6 is 0 Å². The van der Waals surface area contributed by atoms with Gasteiger partial charge in [-0.1, -0.05) is 11.6 Å². The maximum Gasteiger partial charge on any atom is 0.273 e. The number of nitrogens with one attached hydrogen (secondary N) is 3. The molecular weight excluding hydrogens is 254 g/mol. The Balaban J connectivity index is 1.84. The number of aromatic amines is 2. The molecule has 0 aliphatic rings. The van der Waals surface area contributed by atoms with Crippen molar-refractivity contribution in [1.29, 1.82) is 0 Å². The fraction of sp³-hybridized carbons (Fsp3) is 0.214. The lowest BCUT2D eigenvalue weighted by Gasteiger charge is -2.04. The number of H-pyrrole nitrogens is 2. The molecule has 6 nitrogen and oxygen atoms in total. The van der Waals surface area contributed by atoms with E-state index in [0.29, 0.717) is 18.2 Å². The van der Waals surface area contributed by atoms with Gasteiger partial charge in [-0.15, -0.1) is 10.2 Å². The van der Waals surface area contributed by atoms with Crippen LogP contribution in [0.4, 0.5) is 5.95 Å². The lowest BCUT2D eigenvalue weighted by Crippen LogP contribution is -2.16. The summed E-state index contributed by atoms with van der Waals surface area (Å²) in [7, 11) is 0. The van der Waals surface area contributed by atoms with Gasteiger partial charge in [-0.05, 0) is 31.5 Å². The number of fused-ring (bicyclic) bond motifs is 1. The molecule has 3 N–H and O–H groups in total. The summed E-state index contributed by atoms with van der Waals surface area (Å²) >= 11 is 0. The van der Waals surface area contributed by atoms with Crippen LogP contribution in [0.3, 0.4) is 0 Å². The predicted molar refractivity (Wildman–Crippen MR) is 77.8 cm³/mol. The van der Waals surface area contributed by atoms with Gasteiger partial charge in [0.05, 0.1) is 0 Å². The second-order valence-corrected chi connectivity index (χ2v) is 4.80. The van der Waals surface area contributed by atoms with E-state index in [-0.39, 0.29) is 5.56 Å². The van der Waals surface area contributed by atoms with Gasteiger partial charge in [-0.25, -0.2) is 0 Å². The predicted octanol–water partition coefficient (Wildman–Crippen LogP) is 1.88. The van der Waals surface area contributed by atoms with E-state index in [1.54, 1.807) is 6.92 Å². The van der Waals surface area contributed by atoms with Gasteiger partial charge in [0, 0.05) is 23.6 Å². The van der Waals surface area contributed by atoms with E-state index in [0.717, 1.165) is 11.1 Å². The molecule has 0 aliphatic heterocycles. The van der Waals surface area contributed by atoms with Crippen LogP contribution in [-0.4, -0.2) is 20.2 Å². The van der Waals surface area contributed by atoms with E-state index in [1.807, 2.05) is 6.20 Å². The van der Waals surface area contributed by atoms with Crippen LogP contribution in [0.1, 0.15) is 16.8 Å². The Morgan fingerprint density at radius 1 is 1.25 bits per heavy atom. The van der Waals surface area contributed by atoms with Crippen molar-refractivity contribution in [2.24, 2.45) is 0 Å². The molecule has 102 valence electrons. The molecule has 0 aliphatic carbocycles. The maximum atomic E-state index is 11.5. The molecule has 2 aromatic heterocycles. The smallest absolute Gasteiger partial charge is 0.273 e. The van der Waals surface area contributed by atoms with Crippen LogP contribution in [0.15, 0.2) is 29.2 Å². The second-order valence-electron chi connectivity index (χ2n) is 4.80. The molecule has 2 heterocycles. The molecule has 0 amide bonds. The van der Waals surface area contributed by atoms with Gasteiger partial charge in [-0.3, -0.25) is 9.78 Å². The first-order valence-electron chi connectivity index (χ1n) is 6.37. The summed E-state index contributed by atoms with van der Waals surface area (Å²) in [5.74, 6) is 0.377. The molecule has 0 spiro atoms. The number of hydrogen-bond donors (Lipinski definition) is 3. The molecule has 0 atom stereocenters. The fourth-order valence-electron chi connectivity index (χ4n) is 2.09. The summed E-state index contributed by atoms with van der Waals surface area (Å²) in [4.78, 5) is 17.3. The number of rotatable bonds is 3. The maximum absolute atomic E-state index is 11.5. The summed E-state index contributed by atoms with van der Waals surface area (Å²) in [5.41, 5.74) is 3.56. The zero-order valence-corrected chi connectivity index (χ0v) is 11.3. The number of aromatic nitrogens is 4. The molecule has 0 bridgehead atoms. The van der Waals surface area contributed by atoms with Gasteiger partial charge in [0.1, 0.15) is 5.69 Å². The third kappa shape index (κ3) is 2.27. The molecule has 20 heavy (non-hydrogen) atoms. The number of hydrogen-bond acceptors (Lipinski definition) is 4. The van der Waals surface area contributed by atoms with Crippen LogP contribution in [0.2, 0.25) is 0 Å². The van der Waals surface area contributed by atoms with Gasteiger partial charge in [0.15, 0.2) is 0 Å². The molecule has 3 aromatic rings. The van der Waals surface area contributed by atoms with Gasteiger partial charge >= 0.3 is 0 Å². The van der Waals surface area contributed by atoms with E-state index < -0.39 is 0 Å². The first-order valence-corrected chi connectivity index (χ1v) is 6.37. The number of anilines is 1. The zero-order valence-electron chi connectivity index (χ0n) is 11.3. The Morgan fingerprint density at radius 3 is 2.90 bits per heavy atom. The van der Waals surface area contributed by atoms with Gasteiger partial charge < -0.3 is 10.3 Å². The van der Waals surface area contributed by atoms with E-state index in [4.69, 9.17) is 0 Å². The fourth-order valence-corrected chi connectivity index (χ4v) is 2.09. The highest BCUT2D eigenvalue weighted by atomic mass is 16.1. The normalized spacial score (nSPS) is 10.9. The Hall–Kier alpha value is -2.63. The van der Waals surface area contributed by atoms with Crippen molar-refractivity contribution in [2.45, 2.75) is 20.4 Å². The molecule has 0 saturated heterocycles. The lowest BCUT2D eigenvalue weighted by molar-refractivity contribution is 0.889. The van der Waals surface area contributed by atoms with Crippen molar-refractivity contribution in [3.8, 4) is 0 Å². The van der Waals surface area contributed by atoms with E-state index >= 15 is 0 Å². The van der Waals surface area contributed by atoms with Crippen molar-refractivity contribution in [3.63, 3.8) is 0 Å². The first-order chi connectivity index (χ1) is 9.63. The quantitative estimate of drug-likeness (QED) is 0.677. The van der Waals surface area contributed by atoms with E-state index in [1.165, 1.54) is 10.9 Å². The third-order valence-electron chi connectivity index (χ3n) is 3.23. The summed E-state index contributed by atoms with van der Waals surface area (Å²) in [6, 6.07) is 6.26. The van der Waals surface area contributed by atoms with Crippen molar-refractivity contribution < 1.29 is 0 Å². The average molecular weight is 269 g/mol. The third-order valence-corrected chi connectivity index (χ3v) is 3.23. The van der Waals surface area contributed by atoms with Crippen LogP contribution in [0, 0.1) is 13.8 Å². The molecule has 0 saturated carbocycles. The zero-order chi connectivity index (χ0) is 14.1. The van der Waals surface area contributed by atoms with Gasteiger partial charge in [-0.2, -0.15) is 0 Å². The standard InChI is InChI=1S/C14H15N5O/c1-8-3-4-12-11(5-8)10(6-15-12)7-16-14-17-13(20)9(2)18-19-14/h3-6,15H,7H2,1-2H3,(H2,16,17,19,20). The van der Waals surface area contributed by atoms with Crippen molar-refractivity contribution in [3.05, 3.63) is 51.6 Å². The van der Waals surface area contributed by atoms with Crippen LogP contribution in [-0.2, 0) is 6.54 Å². The highest BCUT2D eigenvalue weighted by molar-refractivity contribution is 5.84. The second kappa shape index (κ2) is 4.80. The molecule has 6 heteroatoms. The Bertz CT molecular complexity index is 818. The Kier molecular flexibility index (Phi) is 2.98. The Labute approximate surface area is 115 Å². The highest BCUT2D eigenvalue weighted by Crippen LogP contribution is 2.20. The first kappa shape index (κ1) is 12.4. The minimum absolute atomic E-state index is 0.225. The SMILES string of the molecule is Cc1ccc2[nH]cc(CNc3nnc(C)c(=O)[nH]3)c2c1. The monoisotopic (exact) mass is 269 g/mol. The average Bonchev–Trinajstić information content (AvgIpc) is 2.82. The van der Waals surface area contributed by atoms with E-state index in [2.05, 4.69) is 50.6 Å². The molecular formula is C14H15N5O. The summed E-state index contributed by atoms with van der Waals surface area (Å²) < 4.78 is 0.